The quantitative estimate of drug-likeness (QED) is 0.595. The van der Waals surface area contributed by atoms with Gasteiger partial charge in [0.2, 0.25) is 0 Å². The molecule has 1 aromatic carbocycles. The van der Waals surface area contributed by atoms with E-state index in [2.05, 4.69) is 55.0 Å². The minimum atomic E-state index is -0.161. The summed E-state index contributed by atoms with van der Waals surface area (Å²) < 4.78 is 0.938. The maximum absolute atomic E-state index is 13.3. The average Bonchev–Trinajstić information content (AvgIpc) is 2.73. The van der Waals surface area contributed by atoms with Gasteiger partial charge in [-0.1, -0.05) is 67.0 Å². The van der Waals surface area contributed by atoms with Gasteiger partial charge >= 0.3 is 0 Å². The Morgan fingerprint density at radius 1 is 1.34 bits per heavy atom. The molecule has 0 saturated heterocycles. The Balaban J connectivity index is 1.62. The molecule has 0 radical (unpaired) electrons. The van der Waals surface area contributed by atoms with E-state index in [0.717, 1.165) is 33.6 Å². The molecule has 2 aliphatic heterocycles. The van der Waals surface area contributed by atoms with Gasteiger partial charge in [0, 0.05) is 15.6 Å². The number of amides is 1. The van der Waals surface area contributed by atoms with Gasteiger partial charge in [-0.15, -0.1) is 5.10 Å². The number of hydrazone groups is 1. The molecule has 2 aliphatic carbocycles. The summed E-state index contributed by atoms with van der Waals surface area (Å²) in [6.07, 6.45) is 6.97. The van der Waals surface area contributed by atoms with Crippen molar-refractivity contribution in [1.29, 1.82) is 0 Å². The van der Waals surface area contributed by atoms with E-state index in [-0.39, 0.29) is 12.1 Å². The van der Waals surface area contributed by atoms with E-state index in [1.54, 1.807) is 17.3 Å². The molecular weight excluding hydrogens is 484 g/mol. The first-order valence-electron chi connectivity index (χ1n) is 11.7. The number of fused-ring (bicyclic) bond motifs is 3. The Hall–Kier alpha value is -1.60. The molecule has 32 heavy (non-hydrogen) atoms. The lowest BCUT2D eigenvalue weighted by atomic mass is 9.58. The van der Waals surface area contributed by atoms with Crippen molar-refractivity contribution in [2.45, 2.75) is 59.5 Å². The first-order valence-corrected chi connectivity index (χ1v) is 13.4. The van der Waals surface area contributed by atoms with E-state index in [9.17, 15) is 4.79 Å². The highest BCUT2D eigenvalue weighted by Crippen LogP contribution is 2.52. The van der Waals surface area contributed by atoms with E-state index < -0.39 is 0 Å². The Bertz CT molecular complexity index is 1140. The van der Waals surface area contributed by atoms with Crippen molar-refractivity contribution < 1.29 is 4.79 Å². The molecule has 2 heterocycles. The second-order valence-corrected chi connectivity index (χ2v) is 12.3. The van der Waals surface area contributed by atoms with Crippen LogP contribution in [0.15, 0.2) is 44.4 Å². The van der Waals surface area contributed by atoms with Crippen LogP contribution in [0.4, 0.5) is 0 Å². The Morgan fingerprint density at radius 2 is 2.16 bits per heavy atom. The Kier molecular flexibility index (Phi) is 5.77. The highest BCUT2D eigenvalue weighted by molar-refractivity contribution is 9.10. The third-order valence-corrected chi connectivity index (χ3v) is 8.88. The largest absolute Gasteiger partial charge is 0.298 e. The molecule has 5 nitrogen and oxygen atoms in total. The molecule has 170 valence electrons. The molecule has 5 rings (SSSR count). The highest BCUT2D eigenvalue weighted by Gasteiger charge is 2.46. The van der Waals surface area contributed by atoms with E-state index in [1.807, 2.05) is 23.2 Å². The molecule has 4 unspecified atom stereocenters. The molecule has 7 heteroatoms. The van der Waals surface area contributed by atoms with Crippen molar-refractivity contribution in [2.24, 2.45) is 33.3 Å². The number of hydrogen-bond acceptors (Lipinski definition) is 5. The predicted octanol–water partition coefficient (Wildman–Crippen LogP) is 4.38. The van der Waals surface area contributed by atoms with Gasteiger partial charge in [0.15, 0.2) is 5.17 Å². The molecule has 1 N–H and O–H groups in total. The van der Waals surface area contributed by atoms with Crippen LogP contribution in [0.2, 0.25) is 0 Å². The molecule has 1 fully saturated rings. The fourth-order valence-electron chi connectivity index (χ4n) is 5.94. The smallest absolute Gasteiger partial charge is 0.276 e. The molecular formula is C25H31BrN4OS. The van der Waals surface area contributed by atoms with Crippen molar-refractivity contribution in [3.63, 3.8) is 0 Å². The van der Waals surface area contributed by atoms with E-state index in [1.165, 1.54) is 12.8 Å². The number of carbonyl (C=O) groups excluding carboxylic acids is 1. The molecule has 1 aromatic rings. The van der Waals surface area contributed by atoms with Gasteiger partial charge in [-0.2, -0.15) is 0 Å². The number of hydrogen-bond donors (Lipinski definition) is 1. The number of nitrogens with zero attached hydrogens (tertiary/aromatic N) is 3. The molecule has 0 spiro atoms. The summed E-state index contributed by atoms with van der Waals surface area (Å²) in [6, 6.07) is 6.01. The predicted molar refractivity (Wildman–Crippen MR) is 134 cm³/mol. The molecule has 0 aromatic heterocycles. The second kappa shape index (κ2) is 8.32. The number of benzene rings is 1. The zero-order valence-electron chi connectivity index (χ0n) is 19.2. The summed E-state index contributed by atoms with van der Waals surface area (Å²) in [5, 5.41) is 12.3. The van der Waals surface area contributed by atoms with E-state index in [0.29, 0.717) is 34.0 Å². The number of amidine groups is 1. The molecule has 4 aliphatic rings. The van der Waals surface area contributed by atoms with Gasteiger partial charge < -0.3 is 0 Å². The van der Waals surface area contributed by atoms with Crippen molar-refractivity contribution in [3.8, 4) is 0 Å². The summed E-state index contributed by atoms with van der Waals surface area (Å²) in [6.45, 7) is 9.27. The number of thioether (sulfide) groups is 1. The van der Waals surface area contributed by atoms with Crippen LogP contribution in [-0.4, -0.2) is 28.0 Å². The summed E-state index contributed by atoms with van der Waals surface area (Å²) in [4.78, 5) is 18.5. The molecule has 0 bridgehead atoms. The summed E-state index contributed by atoms with van der Waals surface area (Å²) in [7, 11) is 0. The topological polar surface area (TPSA) is 57.1 Å². The normalized spacial score (nSPS) is 30.8. The molecule has 4 atom stereocenters. The lowest BCUT2D eigenvalue weighted by molar-refractivity contribution is -0.116. The van der Waals surface area contributed by atoms with Crippen LogP contribution in [0.25, 0.3) is 5.70 Å². The van der Waals surface area contributed by atoms with Gasteiger partial charge in [-0.05, 0) is 66.9 Å². The van der Waals surface area contributed by atoms with Crippen molar-refractivity contribution in [3.05, 3.63) is 44.9 Å². The highest BCUT2D eigenvalue weighted by atomic mass is 79.9. The van der Waals surface area contributed by atoms with Gasteiger partial charge in [-0.25, -0.2) is 5.01 Å². The molecule has 1 saturated carbocycles. The lowest BCUT2D eigenvalue weighted by Crippen LogP contribution is -2.56. The first-order chi connectivity index (χ1) is 15.3. The Morgan fingerprint density at radius 3 is 2.94 bits per heavy atom. The maximum atomic E-state index is 13.3. The third kappa shape index (κ3) is 3.75. The second-order valence-electron chi connectivity index (χ2n) is 10.1. The Labute approximate surface area is 202 Å². The van der Waals surface area contributed by atoms with Gasteiger partial charge in [0.25, 0.3) is 5.91 Å². The van der Waals surface area contributed by atoms with Gasteiger partial charge in [0.1, 0.15) is 11.9 Å². The van der Waals surface area contributed by atoms with Crippen molar-refractivity contribution in [2.75, 3.05) is 5.75 Å². The monoisotopic (exact) mass is 514 g/mol. The van der Waals surface area contributed by atoms with Crippen LogP contribution in [-0.2, 0) is 4.79 Å². The third-order valence-electron chi connectivity index (χ3n) is 7.65. The molecule has 1 amide bonds. The van der Waals surface area contributed by atoms with Crippen LogP contribution in [0.5, 0.6) is 0 Å². The number of nitrogens with one attached hydrogen (secondary N) is 1. The van der Waals surface area contributed by atoms with Crippen LogP contribution in [0, 0.1) is 23.2 Å². The van der Waals surface area contributed by atoms with Crippen LogP contribution in [0.3, 0.4) is 0 Å². The standard InChI is InChI=1S/C25H31BrN4OS/c1-5-32-24-28-23(31)21-18-12-16(26)8-9-20(18)27-22(30(21)29-24)17-13-19-15(11-14(17)2)7-6-10-25(19,3)4/h7-9,12,14,17,19,22H,5-6,10-11,13H2,1-4H3,(H,28,29,31). The van der Waals surface area contributed by atoms with Crippen molar-refractivity contribution in [1.82, 2.24) is 10.3 Å². The van der Waals surface area contributed by atoms with E-state index >= 15 is 0 Å². The van der Waals surface area contributed by atoms with Crippen LogP contribution >= 0.6 is 27.7 Å². The number of rotatable bonds is 2. The fraction of sp³-hybridized carbons (Fsp3) is 0.560. The maximum Gasteiger partial charge on any atom is 0.276 e. The summed E-state index contributed by atoms with van der Waals surface area (Å²) in [5.74, 6) is 2.17. The number of halogens is 1. The van der Waals surface area contributed by atoms with Crippen LogP contribution < -0.4 is 15.9 Å². The van der Waals surface area contributed by atoms with E-state index in [4.69, 9.17) is 10.1 Å². The van der Waals surface area contributed by atoms with Crippen molar-refractivity contribution >= 4 is 44.5 Å². The first kappa shape index (κ1) is 22.2. The minimum absolute atomic E-state index is 0.0859. The lowest BCUT2D eigenvalue weighted by Gasteiger charge is -2.49. The SMILES string of the molecule is CCSC1=NN2C(=c3cc(Br)ccc3=NC2C2CC3C(=CCCC3(C)C)CC2C)C(=O)N1. The average molecular weight is 516 g/mol. The van der Waals surface area contributed by atoms with Gasteiger partial charge in [-0.3, -0.25) is 15.1 Å². The fourth-order valence-corrected chi connectivity index (χ4v) is 6.89. The van der Waals surface area contributed by atoms with Gasteiger partial charge in [0.05, 0.1) is 5.36 Å². The zero-order chi connectivity index (χ0) is 22.6. The summed E-state index contributed by atoms with van der Waals surface area (Å²) >= 11 is 5.13. The minimum Gasteiger partial charge on any atom is -0.298 e. The zero-order valence-corrected chi connectivity index (χ0v) is 21.6. The summed E-state index contributed by atoms with van der Waals surface area (Å²) in [5.41, 5.74) is 2.56. The number of carbonyl (C=O) groups is 1. The number of allylic oxidation sites excluding steroid dienone is 2. The van der Waals surface area contributed by atoms with Crippen LogP contribution in [0.1, 0.15) is 53.4 Å².